The molecule has 0 aliphatic heterocycles. The Morgan fingerprint density at radius 2 is 2.21 bits per heavy atom. The molecule has 0 fully saturated rings. The van der Waals surface area contributed by atoms with Crippen LogP contribution in [0, 0.1) is 0 Å². The molecular weight excluding hydrogens is 254 g/mol. The maximum Gasteiger partial charge on any atom is 0.378 e. The van der Waals surface area contributed by atoms with E-state index in [2.05, 4.69) is 4.74 Å². The topological polar surface area (TPSA) is 112 Å². The van der Waals surface area contributed by atoms with Gasteiger partial charge in [0.2, 0.25) is 11.2 Å². The second kappa shape index (κ2) is 6.91. The summed E-state index contributed by atoms with van der Waals surface area (Å²) in [6, 6.07) is 0.823. The Hall–Kier alpha value is -1.86. The zero-order chi connectivity index (χ0) is 14.4. The molecule has 0 aromatic carbocycles. The largest absolute Gasteiger partial charge is 0.489 e. The molecule has 0 aliphatic carbocycles. The number of aliphatic hydroxyl groups is 1. The molecule has 7 nitrogen and oxygen atoms in total. The molecule has 1 rings (SSSR count). The maximum atomic E-state index is 11.8. The van der Waals surface area contributed by atoms with Crippen molar-refractivity contribution in [2.45, 2.75) is 18.9 Å². The lowest BCUT2D eigenvalue weighted by Crippen LogP contribution is -2.25. The quantitative estimate of drug-likeness (QED) is 0.682. The van der Waals surface area contributed by atoms with Gasteiger partial charge in [0.15, 0.2) is 0 Å². The molecule has 1 unspecified atom stereocenters. The summed E-state index contributed by atoms with van der Waals surface area (Å²) in [4.78, 5) is 23.2. The second-order valence-electron chi connectivity index (χ2n) is 3.91. The molecule has 0 radical (unpaired) electrons. The van der Waals surface area contributed by atoms with Crippen LogP contribution in [-0.2, 0) is 11.2 Å². The Labute approximate surface area is 109 Å². The van der Waals surface area contributed by atoms with Gasteiger partial charge in [-0.25, -0.2) is 4.79 Å². The smallest absolute Gasteiger partial charge is 0.378 e. The molecule has 3 N–H and O–H groups in total. The molecule has 0 saturated carbocycles. The third-order valence-electron chi connectivity index (χ3n) is 2.53. The molecule has 0 saturated heterocycles. The fraction of sp³-hybridized carbons (Fsp3) is 0.500. The van der Waals surface area contributed by atoms with Crippen molar-refractivity contribution in [3.05, 3.63) is 27.8 Å². The highest BCUT2D eigenvalue weighted by molar-refractivity contribution is 5.89. The third kappa shape index (κ3) is 3.80. The number of nitrogens with two attached hydrogens (primary N) is 1. The van der Waals surface area contributed by atoms with Gasteiger partial charge in [-0.3, -0.25) is 4.79 Å². The Morgan fingerprint density at radius 1 is 1.53 bits per heavy atom. The van der Waals surface area contributed by atoms with E-state index in [0.29, 0.717) is 12.8 Å². The molecule has 0 amide bonds. The average molecular weight is 271 g/mol. The summed E-state index contributed by atoms with van der Waals surface area (Å²) in [6.07, 6.45) is 0.747. The normalized spacial score (nSPS) is 12.0. The molecule has 1 heterocycles. The minimum absolute atomic E-state index is 0.162. The molecule has 19 heavy (non-hydrogen) atoms. The molecular formula is C12H17NO6. The lowest BCUT2D eigenvalue weighted by atomic mass is 10.1. The lowest BCUT2D eigenvalue weighted by Gasteiger charge is -2.09. The standard InChI is InChI=1S/C12H17NO6/c1-17-10-9(15)5-8(4-3-7(13)6-14)19-11(10)12(16)18-2/h5,7,14H,3-4,6,13H2,1-2H3. The monoisotopic (exact) mass is 271 g/mol. The first-order valence-corrected chi connectivity index (χ1v) is 5.69. The predicted molar refractivity (Wildman–Crippen MR) is 66.3 cm³/mol. The van der Waals surface area contributed by atoms with E-state index in [0.717, 1.165) is 0 Å². The van der Waals surface area contributed by atoms with Gasteiger partial charge in [-0.05, 0) is 6.42 Å². The van der Waals surface area contributed by atoms with Gasteiger partial charge in [0.05, 0.1) is 20.8 Å². The summed E-state index contributed by atoms with van der Waals surface area (Å²) in [6.45, 7) is -0.162. The van der Waals surface area contributed by atoms with Crippen molar-refractivity contribution >= 4 is 5.97 Å². The van der Waals surface area contributed by atoms with Crippen molar-refractivity contribution in [3.63, 3.8) is 0 Å². The van der Waals surface area contributed by atoms with Crippen LogP contribution in [0.1, 0.15) is 22.7 Å². The number of hydrogen-bond acceptors (Lipinski definition) is 7. The SMILES string of the molecule is COC(=O)c1oc(CCC(N)CO)cc(=O)c1OC. The number of carbonyl (C=O) groups excluding carboxylic acids is 1. The summed E-state index contributed by atoms with van der Waals surface area (Å²) in [7, 11) is 2.44. The molecule has 1 aromatic rings. The minimum atomic E-state index is -0.790. The van der Waals surface area contributed by atoms with E-state index < -0.39 is 17.4 Å². The van der Waals surface area contributed by atoms with E-state index in [4.69, 9.17) is 20.0 Å². The van der Waals surface area contributed by atoms with Gasteiger partial charge >= 0.3 is 5.97 Å². The van der Waals surface area contributed by atoms with Gasteiger partial charge in [0.25, 0.3) is 5.76 Å². The molecule has 1 aromatic heterocycles. The number of rotatable bonds is 6. The molecule has 1 atom stereocenters. The highest BCUT2D eigenvalue weighted by Crippen LogP contribution is 2.17. The van der Waals surface area contributed by atoms with Gasteiger partial charge in [0.1, 0.15) is 5.76 Å². The first-order chi connectivity index (χ1) is 9.03. The van der Waals surface area contributed by atoms with Crippen LogP contribution < -0.4 is 15.9 Å². The zero-order valence-corrected chi connectivity index (χ0v) is 10.8. The van der Waals surface area contributed by atoms with Crippen LogP contribution in [0.3, 0.4) is 0 Å². The van der Waals surface area contributed by atoms with Gasteiger partial charge < -0.3 is 24.7 Å². The molecule has 0 spiro atoms. The van der Waals surface area contributed by atoms with Crippen LogP contribution in [0.25, 0.3) is 0 Å². The number of aliphatic hydroxyl groups excluding tert-OH is 1. The Morgan fingerprint density at radius 3 is 2.74 bits per heavy atom. The predicted octanol–water partition coefficient (Wildman–Crippen LogP) is -0.313. The number of carbonyl (C=O) groups is 1. The Balaban J connectivity index is 3.06. The third-order valence-corrected chi connectivity index (χ3v) is 2.53. The molecule has 106 valence electrons. The van der Waals surface area contributed by atoms with E-state index >= 15 is 0 Å². The first kappa shape index (κ1) is 15.2. The Kier molecular flexibility index (Phi) is 5.53. The van der Waals surface area contributed by atoms with Crippen molar-refractivity contribution in [2.24, 2.45) is 5.73 Å². The zero-order valence-electron chi connectivity index (χ0n) is 10.8. The second-order valence-corrected chi connectivity index (χ2v) is 3.91. The van der Waals surface area contributed by atoms with Gasteiger partial charge in [-0.2, -0.15) is 0 Å². The van der Waals surface area contributed by atoms with Gasteiger partial charge in [-0.15, -0.1) is 0 Å². The highest BCUT2D eigenvalue weighted by Gasteiger charge is 2.20. The highest BCUT2D eigenvalue weighted by atomic mass is 16.5. The summed E-state index contributed by atoms with van der Waals surface area (Å²) in [5.41, 5.74) is 5.08. The maximum absolute atomic E-state index is 11.8. The summed E-state index contributed by atoms with van der Waals surface area (Å²) in [5, 5.41) is 8.82. The van der Waals surface area contributed by atoms with Gasteiger partial charge in [0, 0.05) is 18.5 Å². The first-order valence-electron chi connectivity index (χ1n) is 5.69. The van der Waals surface area contributed by atoms with E-state index in [1.165, 1.54) is 20.3 Å². The molecule has 0 bridgehead atoms. The fourth-order valence-corrected chi connectivity index (χ4v) is 1.49. The van der Waals surface area contributed by atoms with Crippen LogP contribution >= 0.6 is 0 Å². The summed E-state index contributed by atoms with van der Waals surface area (Å²) >= 11 is 0. The number of hydrogen-bond donors (Lipinski definition) is 2. The Bertz CT molecular complexity index is 495. The summed E-state index contributed by atoms with van der Waals surface area (Å²) < 4.78 is 14.6. The van der Waals surface area contributed by atoms with Crippen molar-refractivity contribution < 1.29 is 23.8 Å². The van der Waals surface area contributed by atoms with Crippen molar-refractivity contribution in [1.29, 1.82) is 0 Å². The van der Waals surface area contributed by atoms with Crippen molar-refractivity contribution in [2.75, 3.05) is 20.8 Å². The lowest BCUT2D eigenvalue weighted by molar-refractivity contribution is 0.0552. The minimum Gasteiger partial charge on any atom is -0.489 e. The number of esters is 1. The van der Waals surface area contributed by atoms with E-state index in [9.17, 15) is 9.59 Å². The van der Waals surface area contributed by atoms with Crippen molar-refractivity contribution in [1.82, 2.24) is 0 Å². The molecule has 7 heteroatoms. The fourth-order valence-electron chi connectivity index (χ4n) is 1.49. The van der Waals surface area contributed by atoms with Gasteiger partial charge in [-0.1, -0.05) is 0 Å². The van der Waals surface area contributed by atoms with Crippen molar-refractivity contribution in [3.8, 4) is 5.75 Å². The number of aryl methyl sites for hydroxylation is 1. The van der Waals surface area contributed by atoms with Crippen LogP contribution in [-0.4, -0.2) is 37.9 Å². The number of methoxy groups -OCH3 is 2. The van der Waals surface area contributed by atoms with Crippen LogP contribution in [0.5, 0.6) is 5.75 Å². The average Bonchev–Trinajstić information content (AvgIpc) is 2.43. The van der Waals surface area contributed by atoms with E-state index in [-0.39, 0.29) is 23.9 Å². The van der Waals surface area contributed by atoms with Crippen LogP contribution in [0.4, 0.5) is 0 Å². The van der Waals surface area contributed by atoms with Crippen LogP contribution in [0.2, 0.25) is 0 Å². The summed E-state index contributed by atoms with van der Waals surface area (Å²) in [5.74, 6) is -0.968. The van der Waals surface area contributed by atoms with E-state index in [1.54, 1.807) is 0 Å². The molecule has 0 aliphatic rings. The van der Waals surface area contributed by atoms with Crippen LogP contribution in [0.15, 0.2) is 15.3 Å². The number of ether oxygens (including phenoxy) is 2. The van der Waals surface area contributed by atoms with E-state index in [1.807, 2.05) is 0 Å².